The van der Waals surface area contributed by atoms with Gasteiger partial charge in [0.15, 0.2) is 0 Å². The van der Waals surface area contributed by atoms with Crippen molar-refractivity contribution in [3.05, 3.63) is 222 Å². The van der Waals surface area contributed by atoms with Gasteiger partial charge in [-0.15, -0.1) is 25.2 Å². The molecule has 494 valence electrons. The SMILES string of the molecule is C1CCCC1.C1CCCC1.C[C@@H]([N-]Cc1ccccn1)C1CCCC1[PH+](c1ccccc1)c1ccccc1.C[C@H]([N-]Cc1ccccn1)C1CCCC1[PH+](c1ccccc1)c1ccccc1.[Br-].[Br-].[CH-]=O.[CH-]=O.[CH-]=O.[CH-]=O.[CH-]=O.[CH-]=O.[CH3-].[CH3-].[CH3-].[CH3-].[Fe+2].[Fe+2].[Mn].[Mn]. The first-order chi connectivity index (χ1) is 38.7. The van der Waals surface area contributed by atoms with Gasteiger partial charge in [-0.05, 0) is 123 Å². The Morgan fingerprint density at radius 1 is 0.364 bits per heavy atom. The molecule has 0 aliphatic heterocycles. The standard InChI is InChI=1S/2C25H28N2P.2C5H10.6CHO.4CH3.2BrH.2Fe.2Mn/c2*1-20(27-19-21-11-8-9-18-26-21)24-16-10-17-25(24)28(22-12-4-2-5-13-22)23-14-6-3-7-15-23;2*1-2-4-5-3-1;6*1-2;;;;;;;;;;/h2*2-9,11-15,18,20,24-25H,10,16-17,19H2,1H3;2*1-5H2;6*1H;4*1H3;2*1H;;;;/q2*-1;;;10*-1;;;2*+2;;/t2*20-,24?,25?;;;;;;;;;;;;;;;;;;/m10................../s1. The van der Waals surface area contributed by atoms with Crippen LogP contribution in [-0.2, 0) is 110 Å². The number of aromatic nitrogens is 2. The molecule has 4 aliphatic rings. The van der Waals surface area contributed by atoms with Crippen LogP contribution in [0, 0.1) is 41.5 Å². The van der Waals surface area contributed by atoms with E-state index in [2.05, 4.69) is 198 Å². The molecule has 6 aromatic rings. The zero-order valence-electron chi connectivity index (χ0n) is 52.3. The summed E-state index contributed by atoms with van der Waals surface area (Å²) in [4.78, 5) is 55.4. The van der Waals surface area contributed by atoms with Crippen LogP contribution >= 0.6 is 15.8 Å². The fourth-order valence-electron chi connectivity index (χ4n) is 11.0. The van der Waals surface area contributed by atoms with E-state index in [1.807, 2.05) is 36.7 Å². The van der Waals surface area contributed by atoms with Gasteiger partial charge in [0.1, 0.15) is 0 Å². The number of rotatable bonds is 14. The van der Waals surface area contributed by atoms with Crippen LogP contribution in [0.4, 0.5) is 0 Å². The predicted molar refractivity (Wildman–Crippen MR) is 357 cm³/mol. The molecule has 2 aromatic heterocycles. The number of pyridine rings is 2. The molecule has 0 amide bonds. The molecule has 0 N–H and O–H groups in total. The number of hydrogen-bond donors (Lipinski definition) is 0. The molecule has 0 bridgehead atoms. The minimum atomic E-state index is -0.828. The summed E-state index contributed by atoms with van der Waals surface area (Å²) in [5, 5.41) is 16.2. The zero-order valence-corrected chi connectivity index (χ0v) is 62.0. The van der Waals surface area contributed by atoms with E-state index in [1.54, 1.807) is 0 Å². The van der Waals surface area contributed by atoms with Crippen molar-refractivity contribution in [1.82, 2.24) is 9.97 Å². The number of benzene rings is 4. The van der Waals surface area contributed by atoms with Crippen LogP contribution in [0.15, 0.2) is 170 Å². The van der Waals surface area contributed by atoms with Gasteiger partial charge in [-0.2, -0.15) is 0 Å². The van der Waals surface area contributed by atoms with E-state index in [4.69, 9.17) is 39.4 Å². The summed E-state index contributed by atoms with van der Waals surface area (Å²) in [7, 11) is -1.66. The third-order valence-electron chi connectivity index (χ3n) is 14.5. The Morgan fingerprint density at radius 3 is 0.784 bits per heavy atom. The summed E-state index contributed by atoms with van der Waals surface area (Å²) in [6, 6.07) is 57.7. The van der Waals surface area contributed by atoms with Crippen LogP contribution in [0.5, 0.6) is 0 Å². The maximum absolute atomic E-state index is 7.75. The topological polar surface area (TPSA) is 156 Å². The summed E-state index contributed by atoms with van der Waals surface area (Å²) in [6.45, 7) is 25.6. The maximum atomic E-state index is 7.75. The fourth-order valence-corrected chi connectivity index (χ4v) is 18.3. The molecule has 2 heterocycles. The van der Waals surface area contributed by atoms with Gasteiger partial charge in [-0.1, -0.05) is 163 Å². The maximum Gasteiger partial charge on any atom is 2.00 e. The Morgan fingerprint density at radius 2 is 0.580 bits per heavy atom. The molecule has 4 fully saturated rings. The van der Waals surface area contributed by atoms with Gasteiger partial charge < -0.3 is 103 Å². The van der Waals surface area contributed by atoms with Gasteiger partial charge in [0.05, 0.1) is 48.4 Å². The fraction of sp³-hybridized carbons (Fsp3) is 0.371. The second-order valence-corrected chi connectivity index (χ2v) is 24.5. The van der Waals surface area contributed by atoms with Crippen molar-refractivity contribution < 1.29 is 131 Å². The van der Waals surface area contributed by atoms with Crippen LogP contribution < -0.4 is 55.2 Å². The Kier molecular flexibility index (Phi) is 88.6. The van der Waals surface area contributed by atoms with Crippen molar-refractivity contribution in [2.45, 2.75) is 153 Å². The number of nitrogens with zero attached hydrogens (tertiary/aromatic N) is 4. The molecule has 10 nitrogen and oxygen atoms in total. The van der Waals surface area contributed by atoms with E-state index in [9.17, 15) is 0 Å². The van der Waals surface area contributed by atoms with Gasteiger partial charge in [0.2, 0.25) is 0 Å². The van der Waals surface area contributed by atoms with Crippen LogP contribution in [-0.4, -0.2) is 74.1 Å². The number of carbonyl (C=O) groups excluding carboxylic acids is 6. The van der Waals surface area contributed by atoms with Crippen LogP contribution in [0.25, 0.3) is 10.6 Å². The van der Waals surface area contributed by atoms with Crippen molar-refractivity contribution >= 4 is 77.8 Å². The minimum Gasteiger partial charge on any atom is -1.00 e. The van der Waals surface area contributed by atoms with Crippen LogP contribution in [0.3, 0.4) is 0 Å². The van der Waals surface area contributed by atoms with E-state index < -0.39 is 15.8 Å². The third kappa shape index (κ3) is 40.8. The molecule has 18 heteroatoms. The first kappa shape index (κ1) is 107. The molecule has 4 aliphatic carbocycles. The minimum absolute atomic E-state index is 0. The van der Waals surface area contributed by atoms with Crippen LogP contribution in [0.1, 0.15) is 128 Å². The second-order valence-electron chi connectivity index (χ2n) is 19.0. The summed E-state index contributed by atoms with van der Waals surface area (Å²) >= 11 is 0. The first-order valence-corrected chi connectivity index (χ1v) is 30.3. The Labute approximate surface area is 600 Å². The second kappa shape index (κ2) is 73.1. The van der Waals surface area contributed by atoms with E-state index in [1.165, 1.54) is 124 Å². The Hall–Kier alpha value is -2.98. The average Bonchev–Trinajstić information content (AvgIpc) is 4.55. The molecule has 88 heavy (non-hydrogen) atoms. The Bertz CT molecular complexity index is 2050. The smallest absolute Gasteiger partial charge is 1.00 e. The molecule has 4 saturated carbocycles. The van der Waals surface area contributed by atoms with Crippen molar-refractivity contribution in [3.63, 3.8) is 0 Å². The number of hydrogen-bond acceptors (Lipinski definition) is 8. The third-order valence-corrected chi connectivity index (χ3v) is 21.2. The van der Waals surface area contributed by atoms with Gasteiger partial charge in [-0.25, -0.2) is 0 Å². The molecule has 2 radical (unpaired) electrons. The summed E-state index contributed by atoms with van der Waals surface area (Å²) in [5.41, 5.74) is 3.61. The normalized spacial score (nSPS) is 16.0. The summed E-state index contributed by atoms with van der Waals surface area (Å²) < 4.78 is 0. The number of halogens is 2. The van der Waals surface area contributed by atoms with Crippen molar-refractivity contribution in [1.29, 1.82) is 0 Å². The summed E-state index contributed by atoms with van der Waals surface area (Å²) in [5.74, 6) is 1.33. The summed E-state index contributed by atoms with van der Waals surface area (Å²) in [6.07, 6.45) is 26.6. The van der Waals surface area contributed by atoms with Gasteiger partial charge in [0, 0.05) is 57.9 Å². The largest absolute Gasteiger partial charge is 2.00 e. The molecule has 6 atom stereocenters. The quantitative estimate of drug-likeness (QED) is 0.0454. The van der Waals surface area contributed by atoms with Gasteiger partial charge >= 0.3 is 34.1 Å². The molecule has 0 spiro atoms. The molecule has 10 rings (SSSR count). The van der Waals surface area contributed by atoms with E-state index in [-0.39, 0.29) is 132 Å². The average molecular weight is 1530 g/mol. The Balaban J connectivity index is -0.000000119. The molecular weight excluding hydrogens is 1440 g/mol. The molecule has 4 unspecified atom stereocenters. The van der Waals surface area contributed by atoms with Gasteiger partial charge in [0.25, 0.3) is 0 Å². The molecular formula is C70H96Br2Fe2Mn2N4O6P2-8. The monoisotopic (exact) mass is 1530 g/mol. The van der Waals surface area contributed by atoms with Crippen LogP contribution in [0.2, 0.25) is 0 Å². The molecule has 0 saturated heterocycles. The van der Waals surface area contributed by atoms with Gasteiger partial charge in [-0.3, -0.25) is 50.7 Å². The zero-order chi connectivity index (χ0) is 57.4. The van der Waals surface area contributed by atoms with E-state index >= 15 is 0 Å². The van der Waals surface area contributed by atoms with Crippen molar-refractivity contribution in [2.24, 2.45) is 11.8 Å². The van der Waals surface area contributed by atoms with Crippen molar-refractivity contribution in [2.75, 3.05) is 0 Å². The predicted octanol–water partition coefficient (Wildman–Crippen LogP) is 8.81. The van der Waals surface area contributed by atoms with E-state index in [0.717, 1.165) is 35.8 Å². The van der Waals surface area contributed by atoms with Crippen molar-refractivity contribution in [3.8, 4) is 0 Å². The molecule has 4 aromatic carbocycles. The first-order valence-electron chi connectivity index (χ1n) is 27.2. The van der Waals surface area contributed by atoms with E-state index in [0.29, 0.717) is 23.9 Å².